The Hall–Kier alpha value is -2.51. The van der Waals surface area contributed by atoms with Crippen LogP contribution in [-0.4, -0.2) is 27.9 Å². The molecule has 1 aromatic rings. The third-order valence-electron chi connectivity index (χ3n) is 2.63. The largest absolute Gasteiger partial charge is 0.480 e. The van der Waals surface area contributed by atoms with E-state index in [0.717, 1.165) is 12.1 Å². The minimum atomic E-state index is -1.21. The molecule has 1 aromatic carbocycles. The Bertz CT molecular complexity index is 559. The summed E-state index contributed by atoms with van der Waals surface area (Å²) < 4.78 is 13.4. The van der Waals surface area contributed by atoms with Gasteiger partial charge in [0.15, 0.2) is 0 Å². The van der Waals surface area contributed by atoms with Crippen LogP contribution < -0.4 is 5.32 Å². The number of carboxylic acid groups (broad SMARTS) is 1. The smallest absolute Gasteiger partial charge is 0.326 e. The van der Waals surface area contributed by atoms with Gasteiger partial charge in [0.1, 0.15) is 6.04 Å². The van der Waals surface area contributed by atoms with Crippen LogP contribution >= 0.6 is 0 Å². The number of benzene rings is 1. The Balaban J connectivity index is 2.96. The second kappa shape index (κ2) is 6.09. The zero-order chi connectivity index (χ0) is 15.4. The van der Waals surface area contributed by atoms with Crippen LogP contribution in [0.5, 0.6) is 0 Å². The van der Waals surface area contributed by atoms with Crippen molar-refractivity contribution < 1.29 is 24.0 Å². The fraction of sp³-hybridized carbons (Fsp3) is 0.333. The number of nitro groups is 1. The van der Waals surface area contributed by atoms with Gasteiger partial charge < -0.3 is 10.4 Å². The maximum atomic E-state index is 13.4. The molecule has 7 nitrogen and oxygen atoms in total. The van der Waals surface area contributed by atoms with Gasteiger partial charge in [0.25, 0.3) is 5.91 Å². The van der Waals surface area contributed by atoms with Crippen LogP contribution in [0.1, 0.15) is 24.2 Å². The summed E-state index contributed by atoms with van der Waals surface area (Å²) in [5.74, 6) is -3.53. The van der Waals surface area contributed by atoms with Crippen LogP contribution in [0.4, 0.5) is 10.1 Å². The lowest BCUT2D eigenvalue weighted by atomic mass is 10.0. The van der Waals surface area contributed by atoms with Crippen molar-refractivity contribution >= 4 is 17.6 Å². The van der Waals surface area contributed by atoms with Gasteiger partial charge in [-0.05, 0) is 18.1 Å². The number of carbonyl (C=O) groups excluding carboxylic acids is 1. The first kappa shape index (κ1) is 15.5. The van der Waals surface area contributed by atoms with E-state index in [1.165, 1.54) is 0 Å². The zero-order valence-electron chi connectivity index (χ0n) is 10.8. The van der Waals surface area contributed by atoms with E-state index in [1.807, 2.05) is 0 Å². The second-order valence-electron chi connectivity index (χ2n) is 4.46. The molecule has 0 aromatic heterocycles. The van der Waals surface area contributed by atoms with E-state index >= 15 is 0 Å². The molecule has 0 radical (unpaired) electrons. The highest BCUT2D eigenvalue weighted by atomic mass is 19.1. The van der Waals surface area contributed by atoms with Crippen molar-refractivity contribution in [2.75, 3.05) is 0 Å². The second-order valence-corrected chi connectivity index (χ2v) is 4.46. The Morgan fingerprint density at radius 1 is 1.40 bits per heavy atom. The zero-order valence-corrected chi connectivity index (χ0v) is 10.8. The summed E-state index contributed by atoms with van der Waals surface area (Å²) in [4.78, 5) is 32.3. The van der Waals surface area contributed by atoms with Gasteiger partial charge in [-0.3, -0.25) is 14.9 Å². The average Bonchev–Trinajstić information content (AvgIpc) is 2.34. The highest BCUT2D eigenvalue weighted by molar-refractivity contribution is 5.96. The van der Waals surface area contributed by atoms with Gasteiger partial charge in [-0.25, -0.2) is 4.79 Å². The van der Waals surface area contributed by atoms with E-state index < -0.39 is 34.3 Å². The molecular formula is C12H13FN2O5. The van der Waals surface area contributed by atoms with Crippen molar-refractivity contribution in [3.8, 4) is 0 Å². The number of halogens is 1. The summed E-state index contributed by atoms with van der Waals surface area (Å²) in [6, 6.07) is 1.50. The van der Waals surface area contributed by atoms with E-state index in [2.05, 4.69) is 5.32 Å². The van der Waals surface area contributed by atoms with Crippen molar-refractivity contribution in [2.45, 2.75) is 19.9 Å². The number of rotatable bonds is 5. The molecule has 0 unspecified atom stereocenters. The van der Waals surface area contributed by atoms with Crippen LogP contribution in [0.25, 0.3) is 0 Å². The van der Waals surface area contributed by atoms with Gasteiger partial charge >= 0.3 is 11.7 Å². The van der Waals surface area contributed by atoms with E-state index in [0.29, 0.717) is 6.07 Å². The lowest BCUT2D eigenvalue weighted by Gasteiger charge is -2.17. The van der Waals surface area contributed by atoms with Crippen molar-refractivity contribution in [2.24, 2.45) is 5.92 Å². The maximum absolute atomic E-state index is 13.4. The molecule has 0 saturated heterocycles. The highest BCUT2D eigenvalue weighted by Gasteiger charge is 2.25. The molecule has 0 heterocycles. The third-order valence-corrected chi connectivity index (χ3v) is 2.63. The standard InChI is InChI=1S/C12H13FN2O5/c1-6(2)10(12(17)18)14-11(16)7-3-4-9(15(19)20)8(13)5-7/h3-6,10H,1-2H3,(H,14,16)(H,17,18)/t10-/m0/s1. The summed E-state index contributed by atoms with van der Waals surface area (Å²) in [6.45, 7) is 3.21. The van der Waals surface area contributed by atoms with Gasteiger partial charge in [-0.1, -0.05) is 13.8 Å². The van der Waals surface area contributed by atoms with E-state index in [4.69, 9.17) is 5.11 Å². The minimum absolute atomic E-state index is 0.181. The Morgan fingerprint density at radius 3 is 2.40 bits per heavy atom. The predicted octanol–water partition coefficient (Wildman–Crippen LogP) is 1.57. The number of hydrogen-bond acceptors (Lipinski definition) is 4. The number of carbonyl (C=O) groups is 2. The molecule has 1 rings (SSSR count). The number of hydrogen-bond donors (Lipinski definition) is 2. The first-order valence-electron chi connectivity index (χ1n) is 5.71. The lowest BCUT2D eigenvalue weighted by molar-refractivity contribution is -0.387. The van der Waals surface area contributed by atoms with Crippen molar-refractivity contribution in [1.29, 1.82) is 0 Å². The van der Waals surface area contributed by atoms with Gasteiger partial charge in [0, 0.05) is 11.6 Å². The molecule has 0 saturated carbocycles. The highest BCUT2D eigenvalue weighted by Crippen LogP contribution is 2.18. The SMILES string of the molecule is CC(C)[C@H](NC(=O)c1ccc([N+](=O)[O-])c(F)c1)C(=O)O. The molecule has 0 aliphatic rings. The first-order valence-corrected chi connectivity index (χ1v) is 5.71. The first-order chi connectivity index (χ1) is 9.23. The monoisotopic (exact) mass is 284 g/mol. The fourth-order valence-corrected chi connectivity index (χ4v) is 1.53. The number of aliphatic carboxylic acids is 1. The topological polar surface area (TPSA) is 110 Å². The van der Waals surface area contributed by atoms with Crippen LogP contribution in [-0.2, 0) is 4.79 Å². The Morgan fingerprint density at radius 2 is 2.00 bits per heavy atom. The molecule has 0 bridgehead atoms. The fourth-order valence-electron chi connectivity index (χ4n) is 1.53. The molecule has 20 heavy (non-hydrogen) atoms. The van der Waals surface area contributed by atoms with Gasteiger partial charge in [-0.2, -0.15) is 4.39 Å². The average molecular weight is 284 g/mol. The molecule has 2 N–H and O–H groups in total. The van der Waals surface area contributed by atoms with E-state index in [-0.39, 0.29) is 11.5 Å². The van der Waals surface area contributed by atoms with E-state index in [1.54, 1.807) is 13.8 Å². The molecule has 0 aliphatic carbocycles. The molecule has 0 fully saturated rings. The Kier molecular flexibility index (Phi) is 4.73. The molecular weight excluding hydrogens is 271 g/mol. The van der Waals surface area contributed by atoms with E-state index in [9.17, 15) is 24.1 Å². The summed E-state index contributed by atoms with van der Waals surface area (Å²) >= 11 is 0. The molecule has 1 atom stereocenters. The number of carboxylic acids is 1. The lowest BCUT2D eigenvalue weighted by Crippen LogP contribution is -2.44. The molecule has 8 heteroatoms. The third kappa shape index (κ3) is 3.50. The van der Waals surface area contributed by atoms with Crippen molar-refractivity contribution in [3.05, 3.63) is 39.7 Å². The Labute approximate surface area is 113 Å². The number of nitrogens with one attached hydrogen (secondary N) is 1. The molecule has 108 valence electrons. The summed E-state index contributed by atoms with van der Waals surface area (Å²) in [6.07, 6.45) is 0. The minimum Gasteiger partial charge on any atom is -0.480 e. The van der Waals surface area contributed by atoms with Crippen LogP contribution in [0, 0.1) is 21.8 Å². The van der Waals surface area contributed by atoms with Gasteiger partial charge in [0.05, 0.1) is 4.92 Å². The summed E-state index contributed by atoms with van der Waals surface area (Å²) in [5.41, 5.74) is -0.930. The maximum Gasteiger partial charge on any atom is 0.326 e. The van der Waals surface area contributed by atoms with Crippen LogP contribution in [0.2, 0.25) is 0 Å². The predicted molar refractivity (Wildman–Crippen MR) is 66.8 cm³/mol. The number of nitro benzene ring substituents is 1. The number of amides is 1. The molecule has 0 spiro atoms. The van der Waals surface area contributed by atoms with Crippen molar-refractivity contribution in [1.82, 2.24) is 5.32 Å². The quantitative estimate of drug-likeness (QED) is 0.630. The van der Waals surface area contributed by atoms with Gasteiger partial charge in [0.2, 0.25) is 5.82 Å². The van der Waals surface area contributed by atoms with Crippen molar-refractivity contribution in [3.63, 3.8) is 0 Å². The van der Waals surface area contributed by atoms with Crippen LogP contribution in [0.15, 0.2) is 18.2 Å². The summed E-state index contributed by atoms with van der Waals surface area (Å²) in [7, 11) is 0. The van der Waals surface area contributed by atoms with Gasteiger partial charge in [-0.15, -0.1) is 0 Å². The molecule has 0 aliphatic heterocycles. The normalized spacial score (nSPS) is 12.0. The molecule has 1 amide bonds. The number of nitrogens with zero attached hydrogens (tertiary/aromatic N) is 1. The summed E-state index contributed by atoms with van der Waals surface area (Å²) in [5, 5.41) is 21.6. The van der Waals surface area contributed by atoms with Crippen LogP contribution in [0.3, 0.4) is 0 Å².